The number of sulfonamides is 4. The van der Waals surface area contributed by atoms with Crippen LogP contribution in [0.4, 0.5) is 0 Å². The summed E-state index contributed by atoms with van der Waals surface area (Å²) in [6.07, 6.45) is 5.32. The predicted molar refractivity (Wildman–Crippen MR) is 424 cm³/mol. The minimum absolute atomic E-state index is 0.0785. The highest BCUT2D eigenvalue weighted by molar-refractivity contribution is 7.94. The van der Waals surface area contributed by atoms with E-state index in [2.05, 4.69) is 173 Å². The molecule has 0 rings (SSSR count). The topological polar surface area (TPSA) is 198 Å². The maximum absolute atomic E-state index is 11.4. The molecule has 0 heterocycles. The van der Waals surface area contributed by atoms with Crippen molar-refractivity contribution in [3.8, 4) is 0 Å². The quantitative estimate of drug-likeness (QED) is 0.167. The average molecular weight is 1460 g/mol. The van der Waals surface area contributed by atoms with Gasteiger partial charge in [-0.1, -0.05) is 88.6 Å². The zero-order chi connectivity index (χ0) is 80.8. The van der Waals surface area contributed by atoms with Crippen molar-refractivity contribution in [3.05, 3.63) is 49.1 Å². The molecule has 95 heavy (non-hydrogen) atoms. The van der Waals surface area contributed by atoms with Gasteiger partial charge in [0, 0.05) is 174 Å². The molecule has 1 unspecified atom stereocenters. The molecule has 20 nitrogen and oxygen atoms in total. The van der Waals surface area contributed by atoms with Crippen LogP contribution in [0.5, 0.6) is 0 Å². The van der Waals surface area contributed by atoms with E-state index in [4.69, 9.17) is 0 Å². The maximum Gasteiger partial charge on any atom is 0.223 e. The summed E-state index contributed by atoms with van der Waals surface area (Å²) in [5.74, 6) is 0. The Labute approximate surface area is 595 Å². The average Bonchev–Trinajstić information content (AvgIpc) is 0.810. The Balaban J connectivity index is -0.000000125. The van der Waals surface area contributed by atoms with Crippen LogP contribution in [0.1, 0.15) is 235 Å². The molecule has 0 N–H and O–H groups in total. The van der Waals surface area contributed by atoms with Crippen LogP contribution < -0.4 is 0 Å². The summed E-state index contributed by atoms with van der Waals surface area (Å²) < 4.78 is 109. The van der Waals surface area contributed by atoms with Crippen molar-refractivity contribution in [2.24, 2.45) is 20.6 Å². The highest BCUT2D eigenvalue weighted by atomic mass is 32.2. The number of nitrogens with zero attached hydrogens (tertiary/aromatic N) is 11. The largest absolute Gasteiger partial charge is 0.381 e. The molecule has 0 aromatic carbocycles. The minimum atomic E-state index is -3.13. The molecule has 25 heteroatoms. The van der Waals surface area contributed by atoms with Gasteiger partial charge in [0.2, 0.25) is 40.1 Å². The van der Waals surface area contributed by atoms with E-state index in [1.54, 1.807) is 81.4 Å². The number of hydrazine groups is 2. The second-order valence-corrected chi connectivity index (χ2v) is 47.1. The van der Waals surface area contributed by atoms with E-state index < -0.39 is 54.6 Å². The van der Waals surface area contributed by atoms with Gasteiger partial charge < -0.3 is 19.7 Å². The van der Waals surface area contributed by atoms with Gasteiger partial charge in [0.1, 0.15) is 0 Å². The van der Waals surface area contributed by atoms with E-state index in [1.165, 1.54) is 41.8 Å². The SMILES string of the molecule is C=C(C)N(C)C(C)(C)C.C=C(C)N(C)C(C)(C)C(C)(C)C.C=C(C)N(C)N(C)C(C)(C)C.C=C(N(C)C)C(C)(C)C.CN(C(C)(C)C(C)(C)C)S(C)(=O)=O.CN(C(C)(C)C)S(C)(=O)=O.CN(C)S(=O)(=O)C(C)(C)C.CN(N(C)S(C)(=O)=O)C(C)(C)C.CN=S(C)(=O)C(C)(C)C. The molecule has 0 saturated carbocycles. The molecule has 0 fully saturated rings. The van der Waals surface area contributed by atoms with E-state index in [0.29, 0.717) is 0 Å². The summed E-state index contributed by atoms with van der Waals surface area (Å²) >= 11 is 0. The fourth-order valence-corrected chi connectivity index (χ4v) is 10.2. The molecule has 0 aromatic heterocycles. The van der Waals surface area contributed by atoms with Crippen LogP contribution >= 0.6 is 0 Å². The lowest BCUT2D eigenvalue weighted by molar-refractivity contribution is -0.0190. The third-order valence-corrected chi connectivity index (χ3v) is 27.1. The Morgan fingerprint density at radius 2 is 0.632 bits per heavy atom. The first-order valence-corrected chi connectivity index (χ1v) is 41.0. The van der Waals surface area contributed by atoms with Crippen molar-refractivity contribution in [3.63, 3.8) is 0 Å². The Morgan fingerprint density at radius 3 is 0.674 bits per heavy atom. The molecule has 0 aliphatic rings. The van der Waals surface area contributed by atoms with Gasteiger partial charge in [-0.2, -0.15) is 8.61 Å². The molecule has 0 saturated heterocycles. The Kier molecular flexibility index (Phi) is 47.2. The van der Waals surface area contributed by atoms with Gasteiger partial charge in [-0.15, -0.1) is 4.41 Å². The summed E-state index contributed by atoms with van der Waals surface area (Å²) in [4.78, 5) is 6.46. The summed E-state index contributed by atoms with van der Waals surface area (Å²) in [6, 6.07) is 0. The molecular weight excluding hydrogens is 1300 g/mol. The lowest BCUT2D eigenvalue weighted by Crippen LogP contribution is -2.52. The van der Waals surface area contributed by atoms with Gasteiger partial charge in [-0.05, 0) is 184 Å². The third-order valence-electron chi connectivity index (χ3n) is 17.4. The molecular formula is C70H161N11O9S5. The first-order valence-electron chi connectivity index (χ1n) is 32.1. The zero-order valence-corrected chi connectivity index (χ0v) is 76.0. The first-order chi connectivity index (χ1) is 40.2. The monoisotopic (exact) mass is 1460 g/mol. The van der Waals surface area contributed by atoms with Crippen LogP contribution in [0.15, 0.2) is 53.5 Å². The number of hydrogen-bond donors (Lipinski definition) is 0. The molecule has 0 radical (unpaired) electrons. The lowest BCUT2D eigenvalue weighted by atomic mass is 9.75. The highest BCUT2D eigenvalue weighted by Crippen LogP contribution is 2.37. The van der Waals surface area contributed by atoms with Crippen LogP contribution in [0, 0.1) is 16.2 Å². The van der Waals surface area contributed by atoms with Crippen molar-refractivity contribution >= 4 is 49.8 Å². The molecule has 0 aliphatic heterocycles. The zero-order valence-electron chi connectivity index (χ0n) is 72.0. The van der Waals surface area contributed by atoms with Crippen molar-refractivity contribution in [2.45, 2.75) is 278 Å². The van der Waals surface area contributed by atoms with Crippen LogP contribution in [0.2, 0.25) is 0 Å². The second kappa shape index (κ2) is 40.3. The molecule has 1 atom stereocenters. The van der Waals surface area contributed by atoms with Gasteiger partial charge in [0.15, 0.2) is 0 Å². The van der Waals surface area contributed by atoms with Gasteiger partial charge >= 0.3 is 0 Å². The van der Waals surface area contributed by atoms with Crippen LogP contribution in [0.25, 0.3) is 0 Å². The number of hydrogen-bond acceptors (Lipinski definition) is 16. The van der Waals surface area contributed by atoms with E-state index >= 15 is 0 Å². The minimum Gasteiger partial charge on any atom is -0.381 e. The van der Waals surface area contributed by atoms with Crippen molar-refractivity contribution < 1.29 is 37.9 Å². The molecule has 0 bridgehead atoms. The maximum atomic E-state index is 11.4. The predicted octanol–water partition coefficient (Wildman–Crippen LogP) is 14.8. The van der Waals surface area contributed by atoms with E-state index in [0.717, 1.165) is 17.1 Å². The van der Waals surface area contributed by atoms with Gasteiger partial charge in [-0.3, -0.25) is 0 Å². The van der Waals surface area contributed by atoms with Crippen molar-refractivity contribution in [1.82, 2.24) is 47.1 Å². The van der Waals surface area contributed by atoms with Gasteiger partial charge in [0.05, 0.1) is 23.5 Å². The van der Waals surface area contributed by atoms with Gasteiger partial charge in [-0.25, -0.2) is 56.6 Å². The number of rotatable bonds is 12. The Hall–Kier alpha value is -2.33. The van der Waals surface area contributed by atoms with E-state index in [1.807, 2.05) is 139 Å². The first kappa shape index (κ1) is 111. The Bertz CT molecular complexity index is 2880. The van der Waals surface area contributed by atoms with Crippen LogP contribution in [-0.2, 0) is 49.8 Å². The summed E-state index contributed by atoms with van der Waals surface area (Å²) in [5, 5.41) is 5.90. The fourth-order valence-electron chi connectivity index (χ4n) is 5.78. The lowest BCUT2D eigenvalue weighted by Gasteiger charge is -2.47. The summed E-state index contributed by atoms with van der Waals surface area (Å²) in [7, 11) is 9.17. The van der Waals surface area contributed by atoms with Crippen LogP contribution in [0.3, 0.4) is 0 Å². The highest BCUT2D eigenvalue weighted by Gasteiger charge is 2.41. The smallest absolute Gasteiger partial charge is 0.223 e. The third kappa shape index (κ3) is 45.9. The van der Waals surface area contributed by atoms with Gasteiger partial charge in [0.25, 0.3) is 0 Å². The Morgan fingerprint density at radius 1 is 0.347 bits per heavy atom. The normalized spacial score (nSPS) is 13.8. The van der Waals surface area contributed by atoms with Crippen LogP contribution in [-0.4, -0.2) is 244 Å². The van der Waals surface area contributed by atoms with Crippen molar-refractivity contribution in [2.75, 3.05) is 117 Å². The molecule has 0 aliphatic carbocycles. The number of allylic oxidation sites excluding steroid dienone is 4. The van der Waals surface area contributed by atoms with Crippen molar-refractivity contribution in [1.29, 1.82) is 0 Å². The molecule has 0 aromatic rings. The molecule has 0 spiro atoms. The second-order valence-electron chi connectivity index (χ2n) is 34.9. The molecule has 0 amide bonds. The summed E-state index contributed by atoms with van der Waals surface area (Å²) in [5.41, 5.74) is 4.52. The van der Waals surface area contributed by atoms with E-state index in [-0.39, 0.29) is 54.2 Å². The fraction of sp³-hybridized carbons (Fsp3) is 0.886. The summed E-state index contributed by atoms with van der Waals surface area (Å²) in [6.45, 7) is 84.7. The standard InChI is InChI=1S/C11H23N.C9H20N2.C9H21NO2S.2C8H17N.C7H18N2O2S.2C6H15NO2S.C6H15NOS/c1-9(2)12(8)11(6,7)10(3,4)5;1-8(2)10(6)11(7)9(3,4)5;1-8(2,3)9(4,5)10(6)13(7,11)12;1-7(9(5)6)8(2,3)4;1-7(2)9(6)8(3,4)5;1-7(2,3)8(4)9(5)12(6,10)11;1-6(2,3)7(4)10(5,8)9;1-6(2,3)10(8,9)7(4)5;1-6(2,3)9(5,8)7-4/h1H2,2-8H3;1H2,2-7H3;1-7H3;2*1H2,2-6H3;1-6H3;2*1-5H3;1-5H3. The molecule has 580 valence electrons. The van der Waals surface area contributed by atoms with E-state index in [9.17, 15) is 37.9 Å².